The van der Waals surface area contributed by atoms with Crippen LogP contribution >= 0.6 is 21.6 Å². The van der Waals surface area contributed by atoms with Crippen molar-refractivity contribution < 1.29 is 22.7 Å². The molecule has 160 valence electrons. The smallest absolute Gasteiger partial charge is 0.412 e. The maximum absolute atomic E-state index is 12.4. The Morgan fingerprint density at radius 3 is 2.28 bits per heavy atom. The van der Waals surface area contributed by atoms with E-state index in [1.54, 1.807) is 30.3 Å². The molecule has 1 amide bonds. The summed E-state index contributed by atoms with van der Waals surface area (Å²) in [5.74, 6) is 0. The monoisotopic (exact) mass is 473 g/mol. The summed E-state index contributed by atoms with van der Waals surface area (Å²) in [6, 6.07) is 6.70. The molecule has 0 aliphatic carbocycles. The summed E-state index contributed by atoms with van der Waals surface area (Å²) < 4.78 is 33.4. The van der Waals surface area contributed by atoms with E-state index in [1.807, 2.05) is 13.0 Å². The molecule has 0 aromatic heterocycles. The number of carbonyl (C=O) groups excluding carboxylic acids is 1. The van der Waals surface area contributed by atoms with E-state index in [2.05, 4.69) is 33.9 Å². The molecule has 6 nitrogen and oxygen atoms in total. The predicted molar refractivity (Wildman–Crippen MR) is 125 cm³/mol. The third-order valence-corrected chi connectivity index (χ3v) is 12.3. The quantitative estimate of drug-likeness (QED) is 0.299. The first-order valence-electron chi connectivity index (χ1n) is 8.99. The van der Waals surface area contributed by atoms with E-state index >= 15 is 0 Å². The Balaban J connectivity index is 2.02. The minimum absolute atomic E-state index is 0.135. The lowest BCUT2D eigenvalue weighted by atomic mass is 10.2. The van der Waals surface area contributed by atoms with Crippen LogP contribution in [0.25, 0.3) is 0 Å². The van der Waals surface area contributed by atoms with Gasteiger partial charge < -0.3 is 9.16 Å². The van der Waals surface area contributed by atoms with Crippen LogP contribution in [0.4, 0.5) is 10.5 Å². The van der Waals surface area contributed by atoms with E-state index in [0.717, 1.165) is 10.5 Å². The van der Waals surface area contributed by atoms with E-state index in [0.29, 0.717) is 16.0 Å². The third-order valence-electron chi connectivity index (χ3n) is 4.80. The summed E-state index contributed by atoms with van der Waals surface area (Å²) in [6.07, 6.45) is 2.61. The van der Waals surface area contributed by atoms with Gasteiger partial charge in [0.2, 0.25) is 0 Å². The number of carbonyl (C=O) groups is 1. The molecule has 1 aliphatic heterocycles. The van der Waals surface area contributed by atoms with Gasteiger partial charge in [0.05, 0.1) is 12.3 Å². The van der Waals surface area contributed by atoms with Crippen molar-refractivity contribution in [3.05, 3.63) is 52.0 Å². The second-order valence-corrected chi connectivity index (χ2v) is 16.0. The highest BCUT2D eigenvalue weighted by atomic mass is 33.1. The first-order chi connectivity index (χ1) is 13.4. The van der Waals surface area contributed by atoms with Crippen LogP contribution in [0.2, 0.25) is 18.1 Å². The van der Waals surface area contributed by atoms with Gasteiger partial charge in [-0.3, -0.25) is 4.55 Å². The zero-order valence-corrected chi connectivity index (χ0v) is 20.9. The molecule has 0 spiro atoms. The van der Waals surface area contributed by atoms with Gasteiger partial charge in [-0.2, -0.15) is 4.31 Å². The molecule has 0 bridgehead atoms. The fourth-order valence-corrected chi connectivity index (χ4v) is 5.29. The number of hydrogen-bond acceptors (Lipinski definition) is 6. The van der Waals surface area contributed by atoms with Crippen molar-refractivity contribution in [2.24, 2.45) is 0 Å². The minimum atomic E-state index is -2.54. The van der Waals surface area contributed by atoms with Crippen molar-refractivity contribution in [2.45, 2.75) is 45.8 Å². The Labute approximate surface area is 184 Å². The summed E-state index contributed by atoms with van der Waals surface area (Å²) in [5, 5.41) is 0.481. The summed E-state index contributed by atoms with van der Waals surface area (Å²) in [5.41, 5.74) is 1.26. The predicted octanol–water partition coefficient (Wildman–Crippen LogP) is 6.22. The molecular formula is C19H27NO5S3Si. The number of anilines is 1. The minimum Gasteiger partial charge on any atom is -0.412 e. The van der Waals surface area contributed by atoms with E-state index in [4.69, 9.17) is 9.16 Å². The van der Waals surface area contributed by atoms with Crippen LogP contribution in [0.1, 0.15) is 26.3 Å². The van der Waals surface area contributed by atoms with Crippen LogP contribution in [0.3, 0.4) is 0 Å². The van der Waals surface area contributed by atoms with Gasteiger partial charge >= 0.3 is 6.09 Å². The molecule has 1 aromatic carbocycles. The maximum Gasteiger partial charge on any atom is 0.434 e. The molecule has 10 heteroatoms. The van der Waals surface area contributed by atoms with Gasteiger partial charge in [0.25, 0.3) is 11.3 Å². The Bertz CT molecular complexity index is 831. The molecule has 1 heterocycles. The van der Waals surface area contributed by atoms with Crippen LogP contribution in [-0.4, -0.2) is 29.8 Å². The van der Waals surface area contributed by atoms with Gasteiger partial charge in [-0.15, -0.1) is 0 Å². The van der Waals surface area contributed by atoms with Crippen molar-refractivity contribution in [2.75, 3.05) is 10.9 Å². The van der Waals surface area contributed by atoms with Crippen molar-refractivity contribution in [1.82, 2.24) is 0 Å². The van der Waals surface area contributed by atoms with Crippen molar-refractivity contribution in [3.63, 3.8) is 0 Å². The number of rotatable bonds is 6. The first kappa shape index (κ1) is 24.2. The molecule has 1 unspecified atom stereocenters. The lowest BCUT2D eigenvalue weighted by Crippen LogP contribution is -2.41. The molecule has 1 atom stereocenters. The van der Waals surface area contributed by atoms with Crippen LogP contribution < -0.4 is 4.31 Å². The van der Waals surface area contributed by atoms with Gasteiger partial charge in [-0.1, -0.05) is 49.3 Å². The molecule has 2 rings (SSSR count). The molecule has 1 aliphatic rings. The van der Waals surface area contributed by atoms with Crippen LogP contribution in [0, 0.1) is 6.92 Å². The number of hydrogen-bond donors (Lipinski definition) is 1. The van der Waals surface area contributed by atoms with E-state index in [-0.39, 0.29) is 10.7 Å². The molecule has 0 radical (unpaired) electrons. The molecule has 1 N–H and O–H groups in total. The molecular weight excluding hydrogens is 446 g/mol. The van der Waals surface area contributed by atoms with Gasteiger partial charge in [-0.05, 0) is 60.1 Å². The summed E-state index contributed by atoms with van der Waals surface area (Å²) >= 11 is -2.54. The number of ether oxygens (including phenoxy) is 1. The van der Waals surface area contributed by atoms with Gasteiger partial charge in [-0.25, -0.2) is 9.00 Å². The SMILES string of the molecule is Cc1ccc(N(C(=O)OC2=CC=C(CO[Si](C)(C)C(C)(C)C)SS2)S(=O)O)cc1. The molecule has 0 saturated carbocycles. The highest BCUT2D eigenvalue weighted by Crippen LogP contribution is 2.43. The Kier molecular flexibility index (Phi) is 8.22. The number of benzene rings is 1. The van der Waals surface area contributed by atoms with Gasteiger partial charge in [0, 0.05) is 4.91 Å². The van der Waals surface area contributed by atoms with Gasteiger partial charge in [0.15, 0.2) is 13.4 Å². The highest BCUT2D eigenvalue weighted by molar-refractivity contribution is 8.79. The fraction of sp³-hybridized carbons (Fsp3) is 0.421. The lowest BCUT2D eigenvalue weighted by molar-refractivity contribution is 0.194. The van der Waals surface area contributed by atoms with E-state index in [1.165, 1.54) is 21.6 Å². The lowest BCUT2D eigenvalue weighted by Gasteiger charge is -2.36. The number of nitrogens with zero attached hydrogens (tertiary/aromatic N) is 1. The average molecular weight is 474 g/mol. The zero-order chi connectivity index (χ0) is 21.8. The topological polar surface area (TPSA) is 76.1 Å². The van der Waals surface area contributed by atoms with E-state index < -0.39 is 25.7 Å². The molecule has 0 saturated heterocycles. The largest absolute Gasteiger partial charge is 0.434 e. The Hall–Kier alpha value is -1.04. The van der Waals surface area contributed by atoms with Crippen LogP contribution in [0.15, 0.2) is 46.4 Å². The summed E-state index contributed by atoms with van der Waals surface area (Å²) in [6.45, 7) is 13.4. The molecule has 1 aromatic rings. The molecule has 29 heavy (non-hydrogen) atoms. The van der Waals surface area contributed by atoms with Crippen molar-refractivity contribution in [3.8, 4) is 0 Å². The van der Waals surface area contributed by atoms with Gasteiger partial charge in [0.1, 0.15) is 0 Å². The summed E-state index contributed by atoms with van der Waals surface area (Å²) in [4.78, 5) is 13.5. The molecule has 0 fully saturated rings. The summed E-state index contributed by atoms with van der Waals surface area (Å²) in [7, 11) is 0.895. The highest BCUT2D eigenvalue weighted by Gasteiger charge is 2.37. The zero-order valence-electron chi connectivity index (χ0n) is 17.4. The number of aryl methyl sites for hydroxylation is 1. The van der Waals surface area contributed by atoms with Crippen LogP contribution in [-0.2, 0) is 20.4 Å². The number of allylic oxidation sites excluding steroid dienone is 2. The normalized spacial score (nSPS) is 16.0. The van der Waals surface area contributed by atoms with Crippen LogP contribution in [0.5, 0.6) is 0 Å². The van der Waals surface area contributed by atoms with Crippen molar-refractivity contribution in [1.29, 1.82) is 0 Å². The first-order valence-corrected chi connectivity index (χ1v) is 15.1. The number of amides is 1. The van der Waals surface area contributed by atoms with E-state index in [9.17, 15) is 13.6 Å². The second kappa shape index (κ2) is 9.84. The standard InChI is InChI=1S/C19H27NO5S3Si/c1-14-7-9-15(10-8-14)20(28(22)23)18(21)25-17-12-11-16(26-27-17)13-24-29(5,6)19(2,3)4/h7-12H,13H2,1-6H3,(H,22,23). The Morgan fingerprint density at radius 2 is 1.79 bits per heavy atom. The van der Waals surface area contributed by atoms with Crippen molar-refractivity contribution >= 4 is 53.0 Å². The average Bonchev–Trinajstić information content (AvgIpc) is 2.62. The fourth-order valence-electron chi connectivity index (χ4n) is 1.97. The maximum atomic E-state index is 12.4. The third kappa shape index (κ3) is 6.73. The Morgan fingerprint density at radius 1 is 1.17 bits per heavy atom. The second-order valence-electron chi connectivity index (χ2n) is 8.06.